The van der Waals surface area contributed by atoms with Gasteiger partial charge >= 0.3 is 5.97 Å². The molecular formula is C24H22FNO3. The van der Waals surface area contributed by atoms with Gasteiger partial charge in [-0.2, -0.15) is 0 Å². The summed E-state index contributed by atoms with van der Waals surface area (Å²) in [5.41, 5.74) is 4.28. The van der Waals surface area contributed by atoms with E-state index < -0.39 is 11.9 Å². The van der Waals surface area contributed by atoms with Crippen LogP contribution in [-0.2, 0) is 14.3 Å². The number of Topliss-reactive ketones (excluding diaryl/α,β-unsaturated/α-hetero) is 1. The molecule has 4 nitrogen and oxygen atoms in total. The van der Waals surface area contributed by atoms with Gasteiger partial charge in [-0.1, -0.05) is 42.5 Å². The minimum absolute atomic E-state index is 0.00386. The fourth-order valence-corrected chi connectivity index (χ4v) is 4.37. The van der Waals surface area contributed by atoms with Crippen molar-refractivity contribution in [2.45, 2.75) is 31.6 Å². The number of nitrogens with one attached hydrogen (secondary N) is 1. The molecular weight excluding hydrogens is 369 g/mol. The van der Waals surface area contributed by atoms with E-state index in [1.807, 2.05) is 37.3 Å². The van der Waals surface area contributed by atoms with Gasteiger partial charge < -0.3 is 10.1 Å². The van der Waals surface area contributed by atoms with Gasteiger partial charge in [-0.25, -0.2) is 9.18 Å². The van der Waals surface area contributed by atoms with E-state index in [1.165, 1.54) is 19.2 Å². The van der Waals surface area contributed by atoms with Crippen molar-refractivity contribution in [3.05, 3.63) is 94.1 Å². The molecule has 1 N–H and O–H groups in total. The summed E-state index contributed by atoms with van der Waals surface area (Å²) in [4.78, 5) is 25.8. The predicted molar refractivity (Wildman–Crippen MR) is 107 cm³/mol. The Balaban J connectivity index is 1.81. The van der Waals surface area contributed by atoms with E-state index >= 15 is 0 Å². The van der Waals surface area contributed by atoms with E-state index in [2.05, 4.69) is 5.32 Å². The Hall–Kier alpha value is -3.21. The van der Waals surface area contributed by atoms with Crippen LogP contribution in [0.15, 0.2) is 77.1 Å². The number of dihydropyridines is 1. The van der Waals surface area contributed by atoms with Crippen LogP contribution in [0.3, 0.4) is 0 Å². The van der Waals surface area contributed by atoms with Gasteiger partial charge in [0.15, 0.2) is 5.78 Å². The smallest absolute Gasteiger partial charge is 0.336 e. The molecule has 4 rings (SSSR count). The fraction of sp³-hybridized carbons (Fsp3) is 0.250. The number of carbonyl (C=O) groups is 2. The topological polar surface area (TPSA) is 55.4 Å². The summed E-state index contributed by atoms with van der Waals surface area (Å²) in [5.74, 6) is -1.35. The van der Waals surface area contributed by atoms with Gasteiger partial charge in [0.25, 0.3) is 0 Å². The van der Waals surface area contributed by atoms with E-state index in [-0.39, 0.29) is 17.5 Å². The predicted octanol–water partition coefficient (Wildman–Crippen LogP) is 4.36. The maximum Gasteiger partial charge on any atom is 0.336 e. The Bertz CT molecular complexity index is 1020. The molecule has 2 aromatic carbocycles. The Morgan fingerprint density at radius 1 is 1.03 bits per heavy atom. The molecule has 0 spiro atoms. The highest BCUT2D eigenvalue weighted by Gasteiger charge is 2.41. The van der Waals surface area contributed by atoms with Crippen molar-refractivity contribution in [2.75, 3.05) is 7.11 Å². The standard InChI is InChI=1S/C24H22FNO3/c1-14-21(24(28)29-2)22(16-8-10-18(25)11-9-16)23-19(26-14)12-17(13-20(23)27)15-6-4-3-5-7-15/h3-11,17,22,26H,12-13H2,1-2H3/t17-,22+/m0/s1. The lowest BCUT2D eigenvalue weighted by atomic mass is 9.72. The summed E-state index contributed by atoms with van der Waals surface area (Å²) >= 11 is 0. The molecule has 5 heteroatoms. The number of halogens is 1. The van der Waals surface area contributed by atoms with Crippen LogP contribution in [0.2, 0.25) is 0 Å². The molecule has 148 valence electrons. The van der Waals surface area contributed by atoms with Crippen molar-refractivity contribution in [3.8, 4) is 0 Å². The second kappa shape index (κ2) is 7.66. The zero-order valence-electron chi connectivity index (χ0n) is 16.4. The number of esters is 1. The molecule has 29 heavy (non-hydrogen) atoms. The lowest BCUT2D eigenvalue weighted by Gasteiger charge is -2.36. The minimum Gasteiger partial charge on any atom is -0.466 e. The number of hydrogen-bond acceptors (Lipinski definition) is 4. The zero-order chi connectivity index (χ0) is 20.5. The van der Waals surface area contributed by atoms with Crippen LogP contribution < -0.4 is 5.32 Å². The number of benzene rings is 2. The van der Waals surface area contributed by atoms with Crippen molar-refractivity contribution in [1.82, 2.24) is 5.32 Å². The molecule has 1 heterocycles. The van der Waals surface area contributed by atoms with E-state index in [1.54, 1.807) is 12.1 Å². The number of methoxy groups -OCH3 is 1. The van der Waals surface area contributed by atoms with Crippen LogP contribution in [-0.4, -0.2) is 18.9 Å². The summed E-state index contributed by atoms with van der Waals surface area (Å²) in [6, 6.07) is 15.9. The van der Waals surface area contributed by atoms with Crippen LogP contribution in [0.1, 0.15) is 42.7 Å². The summed E-state index contributed by atoms with van der Waals surface area (Å²) in [5, 5.41) is 3.29. The molecule has 0 bridgehead atoms. The highest BCUT2D eigenvalue weighted by atomic mass is 19.1. The van der Waals surface area contributed by atoms with Gasteiger partial charge in [-0.3, -0.25) is 4.79 Å². The average Bonchev–Trinajstić information content (AvgIpc) is 2.73. The molecule has 1 aliphatic carbocycles. The average molecular weight is 391 g/mol. The summed E-state index contributed by atoms with van der Waals surface area (Å²) in [7, 11) is 1.32. The first-order chi connectivity index (χ1) is 14.0. The normalized spacial score (nSPS) is 21.6. The molecule has 0 saturated carbocycles. The van der Waals surface area contributed by atoms with Crippen LogP contribution in [0.5, 0.6) is 0 Å². The molecule has 0 radical (unpaired) electrons. The quantitative estimate of drug-likeness (QED) is 0.790. The first-order valence-corrected chi connectivity index (χ1v) is 9.62. The van der Waals surface area contributed by atoms with Crippen molar-refractivity contribution >= 4 is 11.8 Å². The van der Waals surface area contributed by atoms with E-state index in [9.17, 15) is 14.0 Å². The van der Waals surface area contributed by atoms with Gasteiger partial charge in [0, 0.05) is 29.3 Å². The number of ketones is 1. The van der Waals surface area contributed by atoms with Crippen molar-refractivity contribution in [2.24, 2.45) is 0 Å². The van der Waals surface area contributed by atoms with Crippen LogP contribution in [0.4, 0.5) is 4.39 Å². The third kappa shape index (κ3) is 3.48. The van der Waals surface area contributed by atoms with Crippen molar-refractivity contribution < 1.29 is 18.7 Å². The number of hydrogen-bond donors (Lipinski definition) is 1. The Morgan fingerprint density at radius 2 is 1.72 bits per heavy atom. The van der Waals surface area contributed by atoms with Crippen LogP contribution in [0, 0.1) is 5.82 Å². The van der Waals surface area contributed by atoms with E-state index in [0.29, 0.717) is 35.2 Å². The molecule has 1 aliphatic heterocycles. The first-order valence-electron chi connectivity index (χ1n) is 9.62. The number of allylic oxidation sites excluding steroid dienone is 3. The molecule has 2 aliphatic rings. The van der Waals surface area contributed by atoms with Crippen molar-refractivity contribution in [3.63, 3.8) is 0 Å². The van der Waals surface area contributed by atoms with Gasteiger partial charge in [0.1, 0.15) is 5.82 Å². The number of ether oxygens (including phenoxy) is 1. The van der Waals surface area contributed by atoms with Crippen LogP contribution >= 0.6 is 0 Å². The third-order valence-electron chi connectivity index (χ3n) is 5.71. The molecule has 0 aromatic heterocycles. The summed E-state index contributed by atoms with van der Waals surface area (Å²) in [6.45, 7) is 1.81. The molecule has 2 aromatic rings. The monoisotopic (exact) mass is 391 g/mol. The zero-order valence-corrected chi connectivity index (χ0v) is 16.4. The Kier molecular flexibility index (Phi) is 5.05. The number of carbonyl (C=O) groups excluding carboxylic acids is 2. The number of rotatable bonds is 3. The Labute approximate surface area is 169 Å². The van der Waals surface area contributed by atoms with Gasteiger partial charge in [0.05, 0.1) is 12.7 Å². The maximum absolute atomic E-state index is 13.5. The minimum atomic E-state index is -0.566. The SMILES string of the molecule is COC(=O)C1=C(C)NC2=C(C(=O)C[C@@H](c3ccccc3)C2)[C@@H]1c1ccc(F)cc1. The van der Waals surface area contributed by atoms with Gasteiger partial charge in [-0.05, 0) is 42.5 Å². The van der Waals surface area contributed by atoms with Gasteiger partial charge in [-0.15, -0.1) is 0 Å². The highest BCUT2D eigenvalue weighted by molar-refractivity contribution is 6.04. The van der Waals surface area contributed by atoms with Crippen molar-refractivity contribution in [1.29, 1.82) is 0 Å². The lowest BCUT2D eigenvalue weighted by Crippen LogP contribution is -2.36. The van der Waals surface area contributed by atoms with Gasteiger partial charge in [0.2, 0.25) is 0 Å². The molecule has 2 atom stereocenters. The van der Waals surface area contributed by atoms with Crippen LogP contribution in [0.25, 0.3) is 0 Å². The molecule has 0 saturated heterocycles. The molecule has 0 fully saturated rings. The lowest BCUT2D eigenvalue weighted by molar-refractivity contribution is -0.136. The summed E-state index contributed by atoms with van der Waals surface area (Å²) in [6.07, 6.45) is 1.05. The maximum atomic E-state index is 13.5. The van der Waals surface area contributed by atoms with E-state index in [0.717, 1.165) is 11.3 Å². The highest BCUT2D eigenvalue weighted by Crippen LogP contribution is 2.45. The first kappa shape index (κ1) is 19.1. The fourth-order valence-electron chi connectivity index (χ4n) is 4.37. The molecule has 0 amide bonds. The third-order valence-corrected chi connectivity index (χ3v) is 5.71. The second-order valence-electron chi connectivity index (χ2n) is 7.47. The summed E-state index contributed by atoms with van der Waals surface area (Å²) < 4.78 is 18.5. The van der Waals surface area contributed by atoms with E-state index in [4.69, 9.17) is 4.74 Å². The Morgan fingerprint density at radius 3 is 2.38 bits per heavy atom. The molecule has 0 unspecified atom stereocenters. The second-order valence-corrected chi connectivity index (χ2v) is 7.47. The largest absolute Gasteiger partial charge is 0.466 e.